The number of aliphatic hydroxyl groups is 1. The van der Waals surface area contributed by atoms with Crippen molar-refractivity contribution in [2.45, 2.75) is 18.8 Å². The highest BCUT2D eigenvalue weighted by Crippen LogP contribution is 2.39. The topological polar surface area (TPSA) is 100 Å². The zero-order chi connectivity index (χ0) is 15.5. The molecule has 1 heterocycles. The fourth-order valence-corrected chi connectivity index (χ4v) is 2.17. The molecule has 22 heavy (non-hydrogen) atoms. The molecule has 0 radical (unpaired) electrons. The summed E-state index contributed by atoms with van der Waals surface area (Å²) in [5, 5.41) is 18.3. The van der Waals surface area contributed by atoms with E-state index in [1.165, 1.54) is 0 Å². The van der Waals surface area contributed by atoms with E-state index in [-0.39, 0.29) is 13.2 Å². The van der Waals surface area contributed by atoms with Gasteiger partial charge in [0.05, 0.1) is 17.9 Å². The number of urea groups is 1. The lowest BCUT2D eigenvalue weighted by atomic mass is 10.1. The molecule has 1 fully saturated rings. The van der Waals surface area contributed by atoms with Crippen molar-refractivity contribution in [1.82, 2.24) is 15.5 Å². The third kappa shape index (κ3) is 3.37. The largest absolute Gasteiger partial charge is 0.395 e. The molecule has 1 saturated carbocycles. The van der Waals surface area contributed by atoms with Crippen LogP contribution in [0.4, 0.5) is 10.5 Å². The maximum atomic E-state index is 11.7. The van der Waals surface area contributed by atoms with Crippen LogP contribution in [-0.4, -0.2) is 34.4 Å². The first-order valence-electron chi connectivity index (χ1n) is 6.96. The molecule has 1 aromatic carbocycles. The average molecular weight is 323 g/mol. The summed E-state index contributed by atoms with van der Waals surface area (Å²) in [5.74, 6) is 1.42. The lowest BCUT2D eigenvalue weighted by molar-refractivity contribution is 0.245. The highest BCUT2D eigenvalue weighted by atomic mass is 35.5. The molecule has 116 valence electrons. The third-order valence-corrected chi connectivity index (χ3v) is 3.48. The molecule has 1 aliphatic rings. The van der Waals surface area contributed by atoms with E-state index in [2.05, 4.69) is 20.8 Å². The summed E-state index contributed by atoms with van der Waals surface area (Å²) in [6.45, 7) is 0.0261. The second-order valence-electron chi connectivity index (χ2n) is 5.03. The third-order valence-electron chi connectivity index (χ3n) is 3.24. The van der Waals surface area contributed by atoms with Crippen LogP contribution in [0.1, 0.15) is 24.6 Å². The first-order valence-corrected chi connectivity index (χ1v) is 7.34. The molecule has 0 aliphatic heterocycles. The van der Waals surface area contributed by atoms with Crippen LogP contribution in [0.3, 0.4) is 0 Å². The molecular formula is C14H15ClN4O3. The van der Waals surface area contributed by atoms with Crippen molar-refractivity contribution in [3.63, 3.8) is 0 Å². The van der Waals surface area contributed by atoms with E-state index in [0.717, 1.165) is 12.8 Å². The van der Waals surface area contributed by atoms with Gasteiger partial charge in [-0.3, -0.25) is 0 Å². The van der Waals surface area contributed by atoms with Gasteiger partial charge in [-0.2, -0.15) is 4.98 Å². The zero-order valence-corrected chi connectivity index (χ0v) is 12.4. The Morgan fingerprint density at radius 3 is 3.00 bits per heavy atom. The molecule has 2 aromatic rings. The number of hydrogen-bond acceptors (Lipinski definition) is 5. The molecule has 0 saturated heterocycles. The zero-order valence-electron chi connectivity index (χ0n) is 11.7. The number of halogens is 1. The molecule has 3 N–H and O–H groups in total. The van der Waals surface area contributed by atoms with Crippen LogP contribution in [0.15, 0.2) is 22.7 Å². The van der Waals surface area contributed by atoms with Crippen LogP contribution in [0.25, 0.3) is 11.5 Å². The monoisotopic (exact) mass is 322 g/mol. The van der Waals surface area contributed by atoms with Crippen molar-refractivity contribution in [2.24, 2.45) is 0 Å². The summed E-state index contributed by atoms with van der Waals surface area (Å²) in [6, 6.07) is 4.57. The molecule has 8 heteroatoms. The van der Waals surface area contributed by atoms with Crippen LogP contribution >= 0.6 is 11.6 Å². The fraction of sp³-hybridized carbons (Fsp3) is 0.357. The Balaban J connectivity index is 1.84. The summed E-state index contributed by atoms with van der Waals surface area (Å²) in [5.41, 5.74) is 1.07. The summed E-state index contributed by atoms with van der Waals surface area (Å²) < 4.78 is 5.28. The molecule has 0 bridgehead atoms. The molecule has 0 spiro atoms. The molecule has 0 atom stereocenters. The van der Waals surface area contributed by atoms with Gasteiger partial charge in [0.1, 0.15) is 0 Å². The Labute approximate surface area is 131 Å². The maximum absolute atomic E-state index is 11.7. The molecule has 0 unspecified atom stereocenters. The number of nitrogens with zero attached hydrogens (tertiary/aromatic N) is 2. The highest BCUT2D eigenvalue weighted by Gasteiger charge is 2.29. The van der Waals surface area contributed by atoms with Gasteiger partial charge in [0.15, 0.2) is 5.82 Å². The lowest BCUT2D eigenvalue weighted by Crippen LogP contribution is -2.31. The van der Waals surface area contributed by atoms with E-state index in [4.69, 9.17) is 21.2 Å². The second kappa shape index (κ2) is 6.33. The van der Waals surface area contributed by atoms with Gasteiger partial charge in [-0.05, 0) is 31.0 Å². The van der Waals surface area contributed by atoms with Crippen LogP contribution in [0.2, 0.25) is 5.02 Å². The number of carbonyl (C=O) groups is 1. The first kappa shape index (κ1) is 14.8. The van der Waals surface area contributed by atoms with Gasteiger partial charge < -0.3 is 20.3 Å². The van der Waals surface area contributed by atoms with Crippen LogP contribution in [-0.2, 0) is 0 Å². The Bertz CT molecular complexity index is 684. The maximum Gasteiger partial charge on any atom is 0.319 e. The van der Waals surface area contributed by atoms with E-state index in [0.29, 0.717) is 33.9 Å². The van der Waals surface area contributed by atoms with E-state index in [9.17, 15) is 4.79 Å². The SMILES string of the molecule is O=C(NCCO)Nc1cc(Cl)ccc1-c1nc(C2CC2)no1. The van der Waals surface area contributed by atoms with Gasteiger partial charge >= 0.3 is 6.03 Å². The summed E-state index contributed by atoms with van der Waals surface area (Å²) in [4.78, 5) is 16.1. The fourth-order valence-electron chi connectivity index (χ4n) is 1.99. The van der Waals surface area contributed by atoms with E-state index >= 15 is 0 Å². The summed E-state index contributed by atoms with van der Waals surface area (Å²) in [7, 11) is 0. The van der Waals surface area contributed by atoms with Gasteiger partial charge in [-0.25, -0.2) is 4.79 Å². The minimum Gasteiger partial charge on any atom is -0.395 e. The number of aliphatic hydroxyl groups excluding tert-OH is 1. The minimum absolute atomic E-state index is 0.135. The van der Waals surface area contributed by atoms with Gasteiger partial charge in [0.25, 0.3) is 5.89 Å². The van der Waals surface area contributed by atoms with E-state index in [1.807, 2.05) is 0 Å². The van der Waals surface area contributed by atoms with Crippen molar-refractivity contribution in [3.05, 3.63) is 29.0 Å². The number of hydrogen-bond donors (Lipinski definition) is 3. The highest BCUT2D eigenvalue weighted by molar-refractivity contribution is 6.31. The Hall–Kier alpha value is -2.12. The smallest absolute Gasteiger partial charge is 0.319 e. The van der Waals surface area contributed by atoms with Gasteiger partial charge in [0, 0.05) is 17.5 Å². The molecule has 1 aliphatic carbocycles. The quantitative estimate of drug-likeness (QED) is 0.784. The number of carbonyl (C=O) groups excluding carboxylic acids is 1. The van der Waals surface area contributed by atoms with E-state index < -0.39 is 6.03 Å². The Morgan fingerprint density at radius 2 is 2.27 bits per heavy atom. The Kier molecular flexibility index (Phi) is 4.26. The van der Waals surface area contributed by atoms with Crippen molar-refractivity contribution < 1.29 is 14.4 Å². The standard InChI is InChI=1S/C14H15ClN4O3/c15-9-3-4-10(11(7-9)17-14(21)16-5-6-20)13-18-12(19-22-13)8-1-2-8/h3-4,7-8,20H,1-2,5-6H2,(H2,16,17,21). The summed E-state index contributed by atoms with van der Waals surface area (Å²) >= 11 is 5.98. The number of amides is 2. The summed E-state index contributed by atoms with van der Waals surface area (Å²) in [6.07, 6.45) is 2.16. The van der Waals surface area contributed by atoms with Crippen LogP contribution < -0.4 is 10.6 Å². The number of benzene rings is 1. The average Bonchev–Trinajstić information content (AvgIpc) is 3.24. The normalized spacial score (nSPS) is 13.9. The Morgan fingerprint density at radius 1 is 1.45 bits per heavy atom. The van der Waals surface area contributed by atoms with Gasteiger partial charge in [-0.1, -0.05) is 16.8 Å². The van der Waals surface area contributed by atoms with Gasteiger partial charge in [-0.15, -0.1) is 0 Å². The van der Waals surface area contributed by atoms with Crippen molar-refractivity contribution in [1.29, 1.82) is 0 Å². The van der Waals surface area contributed by atoms with Gasteiger partial charge in [0.2, 0.25) is 0 Å². The molecule has 7 nitrogen and oxygen atoms in total. The van der Waals surface area contributed by atoms with Crippen LogP contribution in [0.5, 0.6) is 0 Å². The van der Waals surface area contributed by atoms with Crippen molar-refractivity contribution in [2.75, 3.05) is 18.5 Å². The predicted octanol–water partition coefficient (Wildman–Crippen LogP) is 2.38. The van der Waals surface area contributed by atoms with Crippen molar-refractivity contribution >= 4 is 23.3 Å². The van der Waals surface area contributed by atoms with Crippen LogP contribution in [0, 0.1) is 0 Å². The minimum atomic E-state index is -0.445. The molecule has 1 aromatic heterocycles. The number of nitrogens with one attached hydrogen (secondary N) is 2. The number of rotatable bonds is 5. The molecule has 2 amide bonds. The molecular weight excluding hydrogens is 308 g/mol. The predicted molar refractivity (Wildman–Crippen MR) is 80.8 cm³/mol. The molecule has 3 rings (SSSR count). The van der Waals surface area contributed by atoms with E-state index in [1.54, 1.807) is 18.2 Å². The number of aromatic nitrogens is 2. The number of anilines is 1. The first-order chi connectivity index (χ1) is 10.7. The lowest BCUT2D eigenvalue weighted by Gasteiger charge is -2.09. The second-order valence-corrected chi connectivity index (χ2v) is 5.46. The van der Waals surface area contributed by atoms with Crippen molar-refractivity contribution in [3.8, 4) is 11.5 Å².